The summed E-state index contributed by atoms with van der Waals surface area (Å²) in [5.41, 5.74) is 1.04. The van der Waals surface area contributed by atoms with E-state index >= 15 is 0 Å². The average Bonchev–Trinajstić information content (AvgIpc) is 3.10. The van der Waals surface area contributed by atoms with E-state index in [1.807, 2.05) is 25.2 Å². The number of carbonyl (C=O) groups excluding carboxylic acids is 2. The molecular weight excluding hydrogens is 446 g/mol. The number of carbonyl (C=O) groups is 3. The van der Waals surface area contributed by atoms with Gasteiger partial charge in [-0.2, -0.15) is 0 Å². The fraction of sp³-hybridized carbons (Fsp3) is 0.607. The number of nitrogens with zero attached hydrogens (tertiary/aromatic N) is 1. The second-order valence-corrected chi connectivity index (χ2v) is 10.7. The predicted molar refractivity (Wildman–Crippen MR) is 133 cm³/mol. The lowest BCUT2D eigenvalue weighted by Crippen LogP contribution is -2.58. The van der Waals surface area contributed by atoms with E-state index in [2.05, 4.69) is 20.8 Å². The Morgan fingerprint density at radius 1 is 1.14 bits per heavy atom. The highest BCUT2D eigenvalue weighted by molar-refractivity contribution is 5.99. The van der Waals surface area contributed by atoms with Gasteiger partial charge in [0.1, 0.15) is 12.2 Å². The summed E-state index contributed by atoms with van der Waals surface area (Å²) < 4.78 is 12.1. The molecule has 1 fully saturated rings. The first-order chi connectivity index (χ1) is 16.6. The van der Waals surface area contributed by atoms with Gasteiger partial charge in [-0.1, -0.05) is 57.6 Å². The number of carboxylic acid groups (broad SMARTS) is 1. The van der Waals surface area contributed by atoms with Gasteiger partial charge in [0.15, 0.2) is 0 Å². The van der Waals surface area contributed by atoms with Crippen molar-refractivity contribution in [1.82, 2.24) is 4.90 Å². The maximum atomic E-state index is 13.6. The molecule has 0 aromatic heterocycles. The highest BCUT2D eigenvalue weighted by atomic mass is 16.6. The van der Waals surface area contributed by atoms with Crippen molar-refractivity contribution < 1.29 is 29.0 Å². The van der Waals surface area contributed by atoms with Crippen LogP contribution in [0, 0.1) is 16.7 Å². The van der Waals surface area contributed by atoms with Crippen LogP contribution >= 0.6 is 0 Å². The Balaban J connectivity index is 1.95. The van der Waals surface area contributed by atoms with Gasteiger partial charge < -0.3 is 19.5 Å². The second-order valence-electron chi connectivity index (χ2n) is 10.7. The first kappa shape index (κ1) is 26.9. The first-order valence-electron chi connectivity index (χ1n) is 12.5. The van der Waals surface area contributed by atoms with E-state index in [1.165, 1.54) is 6.08 Å². The molecule has 1 aliphatic heterocycles. The largest absolute Gasteiger partial charge is 0.481 e. The van der Waals surface area contributed by atoms with Crippen LogP contribution in [0.5, 0.6) is 0 Å². The van der Waals surface area contributed by atoms with Crippen molar-refractivity contribution in [2.75, 3.05) is 20.2 Å². The van der Waals surface area contributed by atoms with Crippen LogP contribution < -0.4 is 0 Å². The molecule has 0 aromatic carbocycles. The van der Waals surface area contributed by atoms with Gasteiger partial charge in [0.2, 0.25) is 0 Å². The monoisotopic (exact) mass is 485 g/mol. The molecule has 35 heavy (non-hydrogen) atoms. The minimum Gasteiger partial charge on any atom is -0.481 e. The molecule has 1 N–H and O–H groups in total. The zero-order chi connectivity index (χ0) is 25.8. The summed E-state index contributed by atoms with van der Waals surface area (Å²) in [6.45, 7) is 9.19. The van der Waals surface area contributed by atoms with Crippen molar-refractivity contribution in [3.05, 3.63) is 47.6 Å². The summed E-state index contributed by atoms with van der Waals surface area (Å²) in [6.07, 6.45) is 12.6. The summed E-state index contributed by atoms with van der Waals surface area (Å²) in [7, 11) is 1.60. The van der Waals surface area contributed by atoms with Crippen LogP contribution in [0.4, 0.5) is 0 Å². The number of hydrogen-bond donors (Lipinski definition) is 1. The number of fused-ring (bicyclic) bond motifs is 2. The van der Waals surface area contributed by atoms with Gasteiger partial charge in [0.05, 0.1) is 0 Å². The van der Waals surface area contributed by atoms with Crippen molar-refractivity contribution in [2.45, 2.75) is 72.0 Å². The van der Waals surface area contributed by atoms with Crippen LogP contribution in [0.1, 0.15) is 59.8 Å². The molecule has 0 radical (unpaired) electrons. The molecule has 0 saturated heterocycles. The smallest absolute Gasteiger partial charge is 0.331 e. The van der Waals surface area contributed by atoms with Crippen molar-refractivity contribution >= 4 is 17.8 Å². The van der Waals surface area contributed by atoms with Gasteiger partial charge in [-0.25, -0.2) is 4.79 Å². The lowest BCUT2D eigenvalue weighted by atomic mass is 9.49. The minimum absolute atomic E-state index is 0.0180. The molecule has 192 valence electrons. The zero-order valence-corrected chi connectivity index (χ0v) is 21.6. The highest BCUT2D eigenvalue weighted by Crippen LogP contribution is 2.61. The van der Waals surface area contributed by atoms with Gasteiger partial charge in [-0.3, -0.25) is 9.59 Å². The summed E-state index contributed by atoms with van der Waals surface area (Å²) in [4.78, 5) is 39.2. The standard InChI is InChI=1S/C28H39NO6/c1-6-7-8-9-10-14-21(32)35-24-23(34-5)19-18-29(17-11-13-20(30)31)26(33)22(19)28(4)16-12-15-27(2,3)25(24)28/h6-10,14,23-25H,11-13,15-18H2,1-5H3,(H,30,31)/b7-6+,9-8+,14-10+/t23-,24+,25-,28+/m0/s1. The van der Waals surface area contributed by atoms with E-state index in [0.29, 0.717) is 19.5 Å². The third-order valence-corrected chi connectivity index (χ3v) is 7.85. The topological polar surface area (TPSA) is 93.1 Å². The molecule has 0 bridgehead atoms. The van der Waals surface area contributed by atoms with Crippen molar-refractivity contribution in [2.24, 2.45) is 16.7 Å². The van der Waals surface area contributed by atoms with E-state index in [0.717, 1.165) is 30.4 Å². The Bertz CT molecular complexity index is 958. The third kappa shape index (κ3) is 5.45. The zero-order valence-electron chi connectivity index (χ0n) is 21.6. The quantitative estimate of drug-likeness (QED) is 0.295. The molecule has 1 amide bonds. The third-order valence-electron chi connectivity index (χ3n) is 7.85. The number of methoxy groups -OCH3 is 1. The van der Waals surface area contributed by atoms with E-state index < -0.39 is 29.6 Å². The van der Waals surface area contributed by atoms with Gasteiger partial charge in [0.25, 0.3) is 5.91 Å². The molecule has 1 saturated carbocycles. The second kappa shape index (κ2) is 10.9. The van der Waals surface area contributed by atoms with E-state index in [9.17, 15) is 14.4 Å². The summed E-state index contributed by atoms with van der Waals surface area (Å²) >= 11 is 0. The Hall–Kier alpha value is -2.67. The van der Waals surface area contributed by atoms with Crippen molar-refractivity contribution in [1.29, 1.82) is 0 Å². The predicted octanol–water partition coefficient (Wildman–Crippen LogP) is 4.45. The molecule has 1 heterocycles. The Labute approximate surface area is 208 Å². The maximum absolute atomic E-state index is 13.6. The van der Waals surface area contributed by atoms with E-state index in [-0.39, 0.29) is 23.7 Å². The molecule has 0 unspecified atom stereocenters. The Morgan fingerprint density at radius 3 is 2.51 bits per heavy atom. The molecule has 0 aromatic rings. The fourth-order valence-electron chi connectivity index (χ4n) is 6.60. The van der Waals surface area contributed by atoms with E-state index in [4.69, 9.17) is 14.6 Å². The van der Waals surface area contributed by atoms with Crippen molar-refractivity contribution in [3.63, 3.8) is 0 Å². The molecule has 3 rings (SSSR count). The van der Waals surface area contributed by atoms with Gasteiger partial charge >= 0.3 is 11.9 Å². The van der Waals surface area contributed by atoms with Crippen LogP contribution in [-0.4, -0.2) is 60.3 Å². The number of hydrogen-bond acceptors (Lipinski definition) is 5. The lowest BCUT2D eigenvalue weighted by molar-refractivity contribution is -0.173. The number of allylic oxidation sites excluding steroid dienone is 5. The molecule has 7 nitrogen and oxygen atoms in total. The van der Waals surface area contributed by atoms with Crippen LogP contribution in [0.25, 0.3) is 0 Å². The van der Waals surface area contributed by atoms with Crippen LogP contribution in [0.3, 0.4) is 0 Å². The average molecular weight is 486 g/mol. The Morgan fingerprint density at radius 2 is 1.86 bits per heavy atom. The fourth-order valence-corrected chi connectivity index (χ4v) is 6.60. The van der Waals surface area contributed by atoms with E-state index in [1.54, 1.807) is 24.2 Å². The number of aliphatic carboxylic acids is 1. The van der Waals surface area contributed by atoms with Crippen LogP contribution in [0.15, 0.2) is 47.6 Å². The number of amides is 1. The SMILES string of the molecule is C/C=C/C=C/C=C/C(=O)O[C@@H]1[C@@H](OC)C2=C(C(=O)N(CCCC(=O)O)C2)[C@@]2(C)CCCC(C)(C)[C@H]12. The summed E-state index contributed by atoms with van der Waals surface area (Å²) in [6, 6.07) is 0. The summed E-state index contributed by atoms with van der Waals surface area (Å²) in [5, 5.41) is 9.02. The molecule has 0 spiro atoms. The number of rotatable bonds is 9. The van der Waals surface area contributed by atoms with Gasteiger partial charge in [0, 0.05) is 49.6 Å². The maximum Gasteiger partial charge on any atom is 0.331 e. The lowest BCUT2D eigenvalue weighted by Gasteiger charge is -2.57. The van der Waals surface area contributed by atoms with Crippen molar-refractivity contribution in [3.8, 4) is 0 Å². The van der Waals surface area contributed by atoms with Crippen LogP contribution in [-0.2, 0) is 23.9 Å². The molecule has 2 aliphatic carbocycles. The molecule has 7 heteroatoms. The summed E-state index contributed by atoms with van der Waals surface area (Å²) in [5.74, 6) is -1.42. The first-order valence-corrected chi connectivity index (χ1v) is 12.5. The van der Waals surface area contributed by atoms with Gasteiger partial charge in [-0.15, -0.1) is 0 Å². The minimum atomic E-state index is -0.870. The van der Waals surface area contributed by atoms with Gasteiger partial charge in [-0.05, 0) is 37.2 Å². The Kier molecular flexibility index (Phi) is 8.42. The number of esters is 1. The molecular formula is C28H39NO6. The number of carboxylic acids is 1. The molecule has 4 atom stereocenters. The number of ether oxygens (including phenoxy) is 2. The highest BCUT2D eigenvalue weighted by Gasteiger charge is 2.62. The normalized spacial score (nSPS) is 30.4. The van der Waals surface area contributed by atoms with Crippen LogP contribution in [0.2, 0.25) is 0 Å². The molecule has 3 aliphatic rings.